The summed E-state index contributed by atoms with van der Waals surface area (Å²) in [4.78, 5) is 25.4. The Morgan fingerprint density at radius 1 is 1.31 bits per heavy atom. The van der Waals surface area contributed by atoms with Crippen molar-refractivity contribution in [2.24, 2.45) is 5.41 Å². The molecule has 0 radical (unpaired) electrons. The maximum atomic E-state index is 12.8. The minimum Gasteiger partial charge on any atom is -0.494 e. The van der Waals surface area contributed by atoms with Gasteiger partial charge in [0, 0.05) is 18.7 Å². The van der Waals surface area contributed by atoms with Crippen LogP contribution in [0.25, 0.3) is 5.65 Å². The van der Waals surface area contributed by atoms with Crippen LogP contribution in [0, 0.1) is 5.41 Å². The monoisotopic (exact) mass is 362 g/mol. The molecular formula is C18H26N4O4. The van der Waals surface area contributed by atoms with Gasteiger partial charge in [0.2, 0.25) is 5.88 Å². The number of nitrogens with zero attached hydrogens (tertiary/aromatic N) is 3. The fourth-order valence-electron chi connectivity index (χ4n) is 2.77. The van der Waals surface area contributed by atoms with Crippen molar-refractivity contribution in [3.05, 3.63) is 27.7 Å². The van der Waals surface area contributed by atoms with E-state index in [4.69, 9.17) is 0 Å². The SMILES string of the molecule is CC(C)(C)Cn1c(O)c(C(=O)NC2CC2)c(=O)n2nc(C(C)(C)O)cc12. The van der Waals surface area contributed by atoms with E-state index in [9.17, 15) is 19.8 Å². The minimum absolute atomic E-state index is 0.0534. The van der Waals surface area contributed by atoms with E-state index in [1.54, 1.807) is 19.9 Å². The number of amides is 1. The number of carbonyl (C=O) groups excluding carboxylic acids is 1. The second kappa shape index (κ2) is 5.84. The molecule has 0 bridgehead atoms. The smallest absolute Gasteiger partial charge is 0.291 e. The first kappa shape index (κ1) is 18.4. The number of aliphatic hydroxyl groups is 1. The highest BCUT2D eigenvalue weighted by Crippen LogP contribution is 2.27. The molecule has 0 atom stereocenters. The second-order valence-electron chi connectivity index (χ2n) is 8.76. The van der Waals surface area contributed by atoms with Gasteiger partial charge in [0.05, 0.1) is 5.69 Å². The van der Waals surface area contributed by atoms with Crippen molar-refractivity contribution in [2.45, 2.75) is 65.6 Å². The number of hydrogen-bond acceptors (Lipinski definition) is 5. The molecule has 1 aliphatic rings. The number of aromatic nitrogens is 3. The molecule has 2 aromatic rings. The predicted octanol–water partition coefficient (Wildman–Crippen LogP) is 1.37. The molecule has 26 heavy (non-hydrogen) atoms. The molecular weight excluding hydrogens is 336 g/mol. The first-order valence-corrected chi connectivity index (χ1v) is 8.78. The third-order valence-corrected chi connectivity index (χ3v) is 4.25. The first-order chi connectivity index (χ1) is 11.9. The maximum absolute atomic E-state index is 12.8. The van der Waals surface area contributed by atoms with Gasteiger partial charge in [-0.05, 0) is 32.1 Å². The van der Waals surface area contributed by atoms with Crippen LogP contribution in [-0.4, -0.2) is 36.3 Å². The molecule has 1 saturated carbocycles. The average Bonchev–Trinajstić information content (AvgIpc) is 3.15. The molecule has 0 aromatic carbocycles. The Balaban J connectivity index is 2.27. The average molecular weight is 362 g/mol. The van der Waals surface area contributed by atoms with Crippen molar-refractivity contribution in [3.63, 3.8) is 0 Å². The Kier molecular flexibility index (Phi) is 4.14. The second-order valence-corrected chi connectivity index (χ2v) is 8.76. The Morgan fingerprint density at radius 3 is 2.42 bits per heavy atom. The van der Waals surface area contributed by atoms with Gasteiger partial charge in [0.1, 0.15) is 11.2 Å². The molecule has 8 nitrogen and oxygen atoms in total. The number of hydrogen-bond donors (Lipinski definition) is 3. The van der Waals surface area contributed by atoms with E-state index in [1.807, 2.05) is 20.8 Å². The van der Waals surface area contributed by atoms with Gasteiger partial charge >= 0.3 is 0 Å². The minimum atomic E-state index is -1.26. The molecule has 0 spiro atoms. The maximum Gasteiger partial charge on any atom is 0.291 e. The van der Waals surface area contributed by atoms with Crippen LogP contribution in [0.5, 0.6) is 5.88 Å². The van der Waals surface area contributed by atoms with E-state index in [2.05, 4.69) is 10.4 Å². The van der Waals surface area contributed by atoms with Crippen LogP contribution in [0.15, 0.2) is 10.9 Å². The van der Waals surface area contributed by atoms with E-state index in [0.717, 1.165) is 17.4 Å². The highest BCUT2D eigenvalue weighted by molar-refractivity contribution is 5.96. The topological polar surface area (TPSA) is 109 Å². The normalized spacial score (nSPS) is 15.5. The first-order valence-electron chi connectivity index (χ1n) is 8.78. The lowest BCUT2D eigenvalue weighted by molar-refractivity contribution is 0.0735. The predicted molar refractivity (Wildman–Crippen MR) is 96.3 cm³/mol. The van der Waals surface area contributed by atoms with Gasteiger partial charge in [0.25, 0.3) is 11.5 Å². The fourth-order valence-corrected chi connectivity index (χ4v) is 2.77. The third kappa shape index (κ3) is 3.46. The van der Waals surface area contributed by atoms with Crippen molar-refractivity contribution in [3.8, 4) is 5.88 Å². The molecule has 1 fully saturated rings. The van der Waals surface area contributed by atoms with Crippen LogP contribution in [0.4, 0.5) is 0 Å². The lowest BCUT2D eigenvalue weighted by Gasteiger charge is -2.23. The van der Waals surface area contributed by atoms with Crippen molar-refractivity contribution < 1.29 is 15.0 Å². The zero-order valence-electron chi connectivity index (χ0n) is 15.8. The standard InChI is InChI=1S/C18H26N4O4/c1-17(2,3)9-21-12-8-11(18(4,5)26)20-22(12)16(25)13(15(21)24)14(23)19-10-6-7-10/h8,10,24,26H,6-7,9H2,1-5H3,(H,19,23). The molecule has 0 unspecified atom stereocenters. The molecule has 2 aromatic heterocycles. The molecule has 1 amide bonds. The fraction of sp³-hybridized carbons (Fsp3) is 0.611. The third-order valence-electron chi connectivity index (χ3n) is 4.25. The Hall–Kier alpha value is -2.35. The number of fused-ring (bicyclic) bond motifs is 1. The van der Waals surface area contributed by atoms with Crippen LogP contribution in [0.1, 0.15) is 63.5 Å². The van der Waals surface area contributed by atoms with E-state index < -0.39 is 17.1 Å². The zero-order valence-corrected chi connectivity index (χ0v) is 15.8. The molecule has 3 N–H and O–H groups in total. The molecule has 2 heterocycles. The number of nitrogens with one attached hydrogen (secondary N) is 1. The van der Waals surface area contributed by atoms with Crippen LogP contribution < -0.4 is 10.9 Å². The van der Waals surface area contributed by atoms with E-state index in [1.165, 1.54) is 4.57 Å². The van der Waals surface area contributed by atoms with E-state index >= 15 is 0 Å². The number of rotatable bonds is 4. The molecule has 8 heteroatoms. The van der Waals surface area contributed by atoms with Crippen LogP contribution in [-0.2, 0) is 12.1 Å². The van der Waals surface area contributed by atoms with Crippen LogP contribution in [0.2, 0.25) is 0 Å². The molecule has 3 rings (SSSR count). The summed E-state index contributed by atoms with van der Waals surface area (Å²) in [6, 6.07) is 1.62. The van der Waals surface area contributed by atoms with Crippen molar-refractivity contribution in [1.82, 2.24) is 19.5 Å². The summed E-state index contributed by atoms with van der Waals surface area (Å²) < 4.78 is 2.59. The Bertz CT molecular complexity index is 924. The summed E-state index contributed by atoms with van der Waals surface area (Å²) in [5.74, 6) is -0.974. The lowest BCUT2D eigenvalue weighted by Crippen LogP contribution is -2.35. The largest absolute Gasteiger partial charge is 0.494 e. The quantitative estimate of drug-likeness (QED) is 0.761. The number of aromatic hydroxyl groups is 1. The van der Waals surface area contributed by atoms with Gasteiger partial charge in [-0.3, -0.25) is 14.2 Å². The number of carbonyl (C=O) groups is 1. The summed E-state index contributed by atoms with van der Waals surface area (Å²) in [5.41, 5.74) is -1.88. The zero-order chi connectivity index (χ0) is 19.4. The summed E-state index contributed by atoms with van der Waals surface area (Å²) in [7, 11) is 0. The lowest BCUT2D eigenvalue weighted by atomic mass is 9.96. The highest BCUT2D eigenvalue weighted by Gasteiger charge is 2.31. The molecule has 0 saturated heterocycles. The van der Waals surface area contributed by atoms with Crippen molar-refractivity contribution in [1.29, 1.82) is 0 Å². The molecule has 0 aliphatic heterocycles. The highest BCUT2D eigenvalue weighted by atomic mass is 16.3. The van der Waals surface area contributed by atoms with Gasteiger partial charge in [-0.2, -0.15) is 9.61 Å². The van der Waals surface area contributed by atoms with Gasteiger partial charge < -0.3 is 15.5 Å². The van der Waals surface area contributed by atoms with Crippen LogP contribution in [0.3, 0.4) is 0 Å². The van der Waals surface area contributed by atoms with Gasteiger partial charge in [-0.1, -0.05) is 20.8 Å². The molecule has 142 valence electrons. The van der Waals surface area contributed by atoms with Gasteiger partial charge in [0.15, 0.2) is 5.56 Å². The summed E-state index contributed by atoms with van der Waals surface area (Å²) >= 11 is 0. The van der Waals surface area contributed by atoms with Crippen molar-refractivity contribution in [2.75, 3.05) is 0 Å². The summed E-state index contributed by atoms with van der Waals surface area (Å²) in [6.45, 7) is 9.44. The van der Waals surface area contributed by atoms with Gasteiger partial charge in [-0.15, -0.1) is 0 Å². The summed E-state index contributed by atoms with van der Waals surface area (Å²) in [5, 5.41) is 27.9. The molecule has 1 aliphatic carbocycles. The summed E-state index contributed by atoms with van der Waals surface area (Å²) in [6.07, 6.45) is 1.74. The van der Waals surface area contributed by atoms with E-state index in [0.29, 0.717) is 12.2 Å². The Labute approximate surface area is 151 Å². The van der Waals surface area contributed by atoms with Crippen LogP contribution >= 0.6 is 0 Å². The van der Waals surface area contributed by atoms with Crippen molar-refractivity contribution >= 4 is 11.6 Å². The van der Waals surface area contributed by atoms with Gasteiger partial charge in [-0.25, -0.2) is 0 Å². The Morgan fingerprint density at radius 2 is 1.92 bits per heavy atom. The van der Waals surface area contributed by atoms with E-state index in [-0.39, 0.29) is 28.6 Å².